The van der Waals surface area contributed by atoms with Gasteiger partial charge in [-0.05, 0) is 44.7 Å². The lowest BCUT2D eigenvalue weighted by atomic mass is 10.00. The summed E-state index contributed by atoms with van der Waals surface area (Å²) in [6.45, 7) is 5.41. The molecule has 0 radical (unpaired) electrons. The second-order valence-corrected chi connectivity index (χ2v) is 10.8. The molecule has 0 aliphatic heterocycles. The second kappa shape index (κ2) is 15.8. The van der Waals surface area contributed by atoms with Gasteiger partial charge in [0.15, 0.2) is 6.61 Å². The molecule has 6 N–H and O–H groups in total. The van der Waals surface area contributed by atoms with E-state index in [0.29, 0.717) is 18.7 Å². The fraction of sp³-hybridized carbons (Fsp3) is 0.433. The van der Waals surface area contributed by atoms with Crippen molar-refractivity contribution in [2.45, 2.75) is 70.1 Å². The minimum absolute atomic E-state index is 0.0368. The van der Waals surface area contributed by atoms with Gasteiger partial charge in [-0.3, -0.25) is 0 Å². The fourth-order valence-electron chi connectivity index (χ4n) is 4.13. The summed E-state index contributed by atoms with van der Waals surface area (Å²) in [6.07, 6.45) is 0.616. The van der Waals surface area contributed by atoms with Crippen molar-refractivity contribution in [3.8, 4) is 0 Å². The van der Waals surface area contributed by atoms with E-state index in [-0.39, 0.29) is 19.7 Å². The smallest absolute Gasteiger partial charge is 0.407 e. The van der Waals surface area contributed by atoms with E-state index in [9.17, 15) is 19.8 Å². The van der Waals surface area contributed by atoms with E-state index in [4.69, 9.17) is 9.47 Å². The number of imidazole rings is 1. The van der Waals surface area contributed by atoms with Crippen molar-refractivity contribution >= 4 is 12.2 Å². The fourth-order valence-corrected chi connectivity index (χ4v) is 4.13. The number of amides is 2. The van der Waals surface area contributed by atoms with Crippen LogP contribution in [0.2, 0.25) is 0 Å². The highest BCUT2D eigenvalue weighted by Crippen LogP contribution is 2.11. The van der Waals surface area contributed by atoms with Crippen LogP contribution < -0.4 is 16.0 Å². The van der Waals surface area contributed by atoms with Crippen LogP contribution in [0.5, 0.6) is 0 Å². The Morgan fingerprint density at radius 3 is 1.83 bits per heavy atom. The van der Waals surface area contributed by atoms with Crippen LogP contribution in [0.15, 0.2) is 73.1 Å². The predicted molar refractivity (Wildman–Crippen MR) is 154 cm³/mol. The van der Waals surface area contributed by atoms with E-state index < -0.39 is 42.1 Å². The molecule has 3 rings (SSSR count). The molecule has 0 saturated heterocycles. The Bertz CT molecular complexity index is 1170. The number of aliphatic hydroxyl groups is 2. The summed E-state index contributed by atoms with van der Waals surface area (Å²) in [7, 11) is 0. The Morgan fingerprint density at radius 1 is 0.854 bits per heavy atom. The van der Waals surface area contributed by atoms with E-state index in [0.717, 1.165) is 11.1 Å². The third kappa shape index (κ3) is 12.0. The molecule has 11 nitrogen and oxygen atoms in total. The topological polar surface area (TPSA) is 158 Å². The summed E-state index contributed by atoms with van der Waals surface area (Å²) >= 11 is 0. The van der Waals surface area contributed by atoms with Gasteiger partial charge < -0.3 is 40.6 Å². The van der Waals surface area contributed by atoms with Gasteiger partial charge in [0.1, 0.15) is 11.4 Å². The first-order chi connectivity index (χ1) is 19.6. The summed E-state index contributed by atoms with van der Waals surface area (Å²) in [5.74, 6) is 0.501. The molecule has 3 aromatic rings. The quantitative estimate of drug-likeness (QED) is 0.174. The van der Waals surface area contributed by atoms with Gasteiger partial charge in [0.2, 0.25) is 0 Å². The molecule has 1 heterocycles. The molecule has 222 valence electrons. The van der Waals surface area contributed by atoms with Crippen molar-refractivity contribution in [3.05, 3.63) is 90.0 Å². The molecular weight excluding hydrogens is 526 g/mol. The lowest BCUT2D eigenvalue weighted by Gasteiger charge is -2.28. The average Bonchev–Trinajstić information content (AvgIpc) is 3.45. The monoisotopic (exact) mass is 567 g/mol. The Kier molecular flexibility index (Phi) is 12.1. The van der Waals surface area contributed by atoms with Crippen LogP contribution in [0.3, 0.4) is 0 Å². The molecule has 1 aromatic heterocycles. The first-order valence-corrected chi connectivity index (χ1v) is 13.6. The molecule has 2 aromatic carbocycles. The number of nitrogens with one attached hydrogen (secondary N) is 4. The van der Waals surface area contributed by atoms with Gasteiger partial charge in [-0.25, -0.2) is 14.6 Å². The van der Waals surface area contributed by atoms with Crippen LogP contribution in [0, 0.1) is 0 Å². The highest BCUT2D eigenvalue weighted by molar-refractivity contribution is 5.68. The van der Waals surface area contributed by atoms with Gasteiger partial charge in [0.25, 0.3) is 0 Å². The van der Waals surface area contributed by atoms with E-state index in [1.54, 1.807) is 33.2 Å². The zero-order valence-corrected chi connectivity index (χ0v) is 23.7. The van der Waals surface area contributed by atoms with Gasteiger partial charge in [-0.15, -0.1) is 0 Å². The SMILES string of the molecule is CC(C)(C)OC(=O)N[C@@H](Cc1ccccc1)[C@H](O)CNC[C@@H](O)[C@H](Cc1ccccc1)NC(=O)OCc1ncc[nH]1. The number of H-pyrrole nitrogens is 1. The number of aliphatic hydroxyl groups excluding tert-OH is 2. The summed E-state index contributed by atoms with van der Waals surface area (Å²) in [5, 5.41) is 30.6. The number of hydrogen-bond acceptors (Lipinski definition) is 8. The summed E-state index contributed by atoms with van der Waals surface area (Å²) in [4.78, 5) is 31.9. The standard InChI is InChI=1S/C30H41N5O6/c1-30(2,3)41-29(39)35-24(17-22-12-8-5-9-13-22)26(37)19-31-18-25(36)23(16-21-10-6-4-7-11-21)34-28(38)40-20-27-32-14-15-33-27/h4-15,23-26,31,36-37H,16-20H2,1-3H3,(H,32,33)(H,34,38)(H,35,39)/t23-,24-,25+,26+/m0/s1. The minimum Gasteiger partial charge on any atom is -0.444 e. The van der Waals surface area contributed by atoms with Crippen molar-refractivity contribution in [2.24, 2.45) is 0 Å². The molecular formula is C30H41N5O6. The third-order valence-electron chi connectivity index (χ3n) is 6.13. The van der Waals surface area contributed by atoms with E-state index in [2.05, 4.69) is 25.9 Å². The number of carbonyl (C=O) groups excluding carboxylic acids is 2. The molecule has 0 fully saturated rings. The number of hydrogen-bond donors (Lipinski definition) is 6. The van der Waals surface area contributed by atoms with Crippen LogP contribution in [-0.4, -0.2) is 75.3 Å². The lowest BCUT2D eigenvalue weighted by Crippen LogP contribution is -2.52. The second-order valence-electron chi connectivity index (χ2n) is 10.8. The zero-order chi connectivity index (χ0) is 29.7. The number of ether oxygens (including phenoxy) is 2. The molecule has 0 aliphatic carbocycles. The van der Waals surface area contributed by atoms with Gasteiger partial charge >= 0.3 is 12.2 Å². The van der Waals surface area contributed by atoms with E-state index in [1.807, 2.05) is 60.7 Å². The Hall–Kier alpha value is -3.93. The van der Waals surface area contributed by atoms with Crippen LogP contribution in [0.25, 0.3) is 0 Å². The number of aromatic nitrogens is 2. The number of aromatic amines is 1. The first-order valence-electron chi connectivity index (χ1n) is 13.6. The van der Waals surface area contributed by atoms with Crippen LogP contribution in [0.1, 0.15) is 37.7 Å². The number of benzene rings is 2. The van der Waals surface area contributed by atoms with Crippen LogP contribution in [-0.2, 0) is 28.9 Å². The maximum atomic E-state index is 12.5. The number of alkyl carbamates (subject to hydrolysis) is 2. The van der Waals surface area contributed by atoms with E-state index >= 15 is 0 Å². The van der Waals surface area contributed by atoms with Crippen molar-refractivity contribution in [1.82, 2.24) is 25.9 Å². The maximum absolute atomic E-state index is 12.5. The first kappa shape index (κ1) is 31.6. The van der Waals surface area contributed by atoms with Crippen LogP contribution >= 0.6 is 0 Å². The molecule has 0 bridgehead atoms. The molecule has 41 heavy (non-hydrogen) atoms. The van der Waals surface area contributed by atoms with Gasteiger partial charge in [-0.2, -0.15) is 0 Å². The predicted octanol–water partition coefficient (Wildman–Crippen LogP) is 2.69. The zero-order valence-electron chi connectivity index (χ0n) is 23.7. The van der Waals surface area contributed by atoms with Gasteiger partial charge in [-0.1, -0.05) is 60.7 Å². The highest BCUT2D eigenvalue weighted by Gasteiger charge is 2.27. The molecule has 0 aliphatic rings. The van der Waals surface area contributed by atoms with Gasteiger partial charge in [0.05, 0.1) is 24.3 Å². The van der Waals surface area contributed by atoms with Crippen molar-refractivity contribution < 1.29 is 29.3 Å². The maximum Gasteiger partial charge on any atom is 0.407 e. The van der Waals surface area contributed by atoms with E-state index in [1.165, 1.54) is 0 Å². The lowest BCUT2D eigenvalue weighted by molar-refractivity contribution is 0.0415. The molecule has 4 atom stereocenters. The van der Waals surface area contributed by atoms with Gasteiger partial charge in [0, 0.05) is 25.5 Å². The number of carbonyl (C=O) groups is 2. The minimum atomic E-state index is -1.01. The molecule has 11 heteroatoms. The van der Waals surface area contributed by atoms with Crippen molar-refractivity contribution in [2.75, 3.05) is 13.1 Å². The molecule has 0 saturated carbocycles. The largest absolute Gasteiger partial charge is 0.444 e. The van der Waals surface area contributed by atoms with Crippen LogP contribution in [0.4, 0.5) is 9.59 Å². The Labute approximate surface area is 240 Å². The molecule has 0 spiro atoms. The number of rotatable bonds is 14. The molecule has 2 amide bonds. The summed E-state index contributed by atoms with van der Waals surface area (Å²) < 4.78 is 10.6. The average molecular weight is 568 g/mol. The number of nitrogens with zero attached hydrogens (tertiary/aromatic N) is 1. The summed E-state index contributed by atoms with van der Waals surface area (Å²) in [5.41, 5.74) is 1.18. The molecule has 0 unspecified atom stereocenters. The third-order valence-corrected chi connectivity index (χ3v) is 6.13. The highest BCUT2D eigenvalue weighted by atomic mass is 16.6. The normalized spacial score (nSPS) is 14.4. The van der Waals surface area contributed by atoms with Crippen molar-refractivity contribution in [3.63, 3.8) is 0 Å². The summed E-state index contributed by atoms with van der Waals surface area (Å²) in [6, 6.07) is 17.6. The van der Waals surface area contributed by atoms with Crippen molar-refractivity contribution in [1.29, 1.82) is 0 Å². The Balaban J connectivity index is 1.58. The Morgan fingerprint density at radius 2 is 1.37 bits per heavy atom.